The van der Waals surface area contributed by atoms with Crippen molar-refractivity contribution in [3.63, 3.8) is 0 Å². The minimum Gasteiger partial charge on any atom is -0.497 e. The molecule has 2 amide bonds. The van der Waals surface area contributed by atoms with E-state index in [0.717, 1.165) is 30.6 Å². The summed E-state index contributed by atoms with van der Waals surface area (Å²) < 4.78 is 5.07. The predicted molar refractivity (Wildman–Crippen MR) is 108 cm³/mol. The van der Waals surface area contributed by atoms with E-state index in [1.165, 1.54) is 28.0 Å². The molecule has 0 saturated heterocycles. The second kappa shape index (κ2) is 9.36. The van der Waals surface area contributed by atoms with E-state index in [2.05, 4.69) is 22.9 Å². The molecule has 0 saturated carbocycles. The van der Waals surface area contributed by atoms with Crippen molar-refractivity contribution in [2.45, 2.75) is 26.2 Å². The second-order valence-electron chi connectivity index (χ2n) is 6.69. The van der Waals surface area contributed by atoms with Crippen LogP contribution in [0, 0.1) is 5.92 Å². The van der Waals surface area contributed by atoms with Gasteiger partial charge in [0.05, 0.1) is 18.2 Å². The van der Waals surface area contributed by atoms with E-state index in [1.807, 2.05) is 18.2 Å². The number of rotatable bonds is 6. The van der Waals surface area contributed by atoms with E-state index >= 15 is 0 Å². The molecule has 0 spiro atoms. The Kier molecular flexibility index (Phi) is 6.65. The minimum absolute atomic E-state index is 0.300. The molecule has 2 aromatic rings. The van der Waals surface area contributed by atoms with Crippen molar-refractivity contribution in [3.05, 3.63) is 51.2 Å². The predicted octanol–water partition coefficient (Wildman–Crippen LogP) is 2.69. The number of hydrogen-bond acceptors (Lipinski definition) is 6. The molecular formula is C20H23N3O4S. The molecule has 0 aliphatic heterocycles. The van der Waals surface area contributed by atoms with Crippen molar-refractivity contribution in [2.75, 3.05) is 13.7 Å². The van der Waals surface area contributed by atoms with E-state index in [0.29, 0.717) is 10.8 Å². The zero-order valence-electron chi connectivity index (χ0n) is 15.9. The first-order valence-electron chi connectivity index (χ1n) is 9.05. The Bertz CT molecular complexity index is 861. The summed E-state index contributed by atoms with van der Waals surface area (Å²) in [4.78, 5) is 30.8. The summed E-state index contributed by atoms with van der Waals surface area (Å²) in [5.74, 6) is 0.583. The van der Waals surface area contributed by atoms with Gasteiger partial charge in [-0.15, -0.1) is 11.3 Å². The minimum atomic E-state index is -0.491. The summed E-state index contributed by atoms with van der Waals surface area (Å²) in [6.45, 7) is 1.92. The Hall–Kier alpha value is -2.87. The van der Waals surface area contributed by atoms with Crippen LogP contribution >= 0.6 is 11.3 Å². The second-order valence-corrected chi connectivity index (χ2v) is 7.83. The number of carbonyl (C=O) groups excluding carboxylic acids is 2. The third-order valence-electron chi connectivity index (χ3n) is 4.46. The zero-order valence-corrected chi connectivity index (χ0v) is 16.7. The van der Waals surface area contributed by atoms with Crippen LogP contribution in [0.15, 0.2) is 35.5 Å². The summed E-state index contributed by atoms with van der Waals surface area (Å²) >= 11 is 1.49. The van der Waals surface area contributed by atoms with Crippen LogP contribution < -0.4 is 15.6 Å². The molecule has 1 aromatic heterocycles. The normalized spacial score (nSPS) is 15.7. The molecule has 1 aliphatic carbocycles. The molecule has 8 heteroatoms. The highest BCUT2D eigenvalue weighted by atomic mass is 32.1. The van der Waals surface area contributed by atoms with Crippen molar-refractivity contribution >= 4 is 29.4 Å². The third kappa shape index (κ3) is 5.32. The average molecular weight is 401 g/mol. The molecule has 2 N–H and O–H groups in total. The van der Waals surface area contributed by atoms with Gasteiger partial charge in [-0.05, 0) is 66.6 Å². The first-order chi connectivity index (χ1) is 13.5. The maximum Gasteiger partial charge on any atom is 0.279 e. The van der Waals surface area contributed by atoms with E-state index in [4.69, 9.17) is 9.57 Å². The Morgan fingerprint density at radius 3 is 2.82 bits per heavy atom. The standard InChI is InChI=1S/C20H23N3O4S/c1-13-3-8-17-15(9-13)10-18(28-17)20(25)23-22-19(24)12-27-21-11-14-4-6-16(26-2)7-5-14/h4-7,10-11,13H,3,8-9,12H2,1-2H3,(H,22,24)(H,23,25)/b21-11-/t13-/m1/s1. The van der Waals surface area contributed by atoms with Crippen molar-refractivity contribution in [3.8, 4) is 5.75 Å². The molecule has 1 atom stereocenters. The van der Waals surface area contributed by atoms with Crippen LogP contribution in [0.5, 0.6) is 5.75 Å². The van der Waals surface area contributed by atoms with Gasteiger partial charge in [-0.3, -0.25) is 20.4 Å². The summed E-state index contributed by atoms with van der Waals surface area (Å²) in [6, 6.07) is 9.15. The molecule has 0 unspecified atom stereocenters. The number of fused-ring (bicyclic) bond motifs is 1. The van der Waals surface area contributed by atoms with Crippen LogP contribution in [0.25, 0.3) is 0 Å². The van der Waals surface area contributed by atoms with Crippen LogP contribution in [0.3, 0.4) is 0 Å². The zero-order chi connectivity index (χ0) is 19.9. The number of oxime groups is 1. The van der Waals surface area contributed by atoms with Gasteiger partial charge in [0.15, 0.2) is 6.61 Å². The number of benzene rings is 1. The van der Waals surface area contributed by atoms with Crippen molar-refractivity contribution < 1.29 is 19.2 Å². The third-order valence-corrected chi connectivity index (χ3v) is 5.69. The fourth-order valence-corrected chi connectivity index (χ4v) is 4.03. The number of hydrazine groups is 1. The van der Waals surface area contributed by atoms with Gasteiger partial charge in [0.2, 0.25) is 0 Å². The fraction of sp³-hybridized carbons (Fsp3) is 0.350. The molecule has 7 nitrogen and oxygen atoms in total. The SMILES string of the molecule is COc1ccc(/C=N\OCC(=O)NNC(=O)c2cc3c(s2)CC[C@@H](C)C3)cc1. The number of amides is 2. The van der Waals surface area contributed by atoms with Crippen LogP contribution in [0.2, 0.25) is 0 Å². The smallest absolute Gasteiger partial charge is 0.279 e. The summed E-state index contributed by atoms with van der Waals surface area (Å²) in [5.41, 5.74) is 6.81. The highest BCUT2D eigenvalue weighted by Gasteiger charge is 2.20. The first kappa shape index (κ1) is 19.9. The molecule has 28 heavy (non-hydrogen) atoms. The average Bonchev–Trinajstić information content (AvgIpc) is 3.13. The van der Waals surface area contributed by atoms with Gasteiger partial charge in [-0.25, -0.2) is 0 Å². The number of ether oxygens (including phenoxy) is 1. The molecule has 1 aromatic carbocycles. The lowest BCUT2D eigenvalue weighted by atomic mass is 9.90. The van der Waals surface area contributed by atoms with Gasteiger partial charge < -0.3 is 9.57 Å². The van der Waals surface area contributed by atoms with Gasteiger partial charge in [0, 0.05) is 4.88 Å². The fourth-order valence-electron chi connectivity index (χ4n) is 2.93. The maximum absolute atomic E-state index is 12.2. The molecule has 0 bridgehead atoms. The molecular weight excluding hydrogens is 378 g/mol. The molecule has 1 heterocycles. The lowest BCUT2D eigenvalue weighted by molar-refractivity contribution is -0.126. The van der Waals surface area contributed by atoms with E-state index in [9.17, 15) is 9.59 Å². The highest BCUT2D eigenvalue weighted by Crippen LogP contribution is 2.32. The molecule has 148 valence electrons. The number of nitrogens with zero attached hydrogens (tertiary/aromatic N) is 1. The first-order valence-corrected chi connectivity index (χ1v) is 9.87. The number of methoxy groups -OCH3 is 1. The number of nitrogens with one attached hydrogen (secondary N) is 2. The van der Waals surface area contributed by atoms with Crippen molar-refractivity contribution in [1.82, 2.24) is 10.9 Å². The van der Waals surface area contributed by atoms with Crippen LogP contribution in [-0.4, -0.2) is 31.7 Å². The molecule has 0 fully saturated rings. The van der Waals surface area contributed by atoms with Gasteiger partial charge in [0.25, 0.3) is 11.8 Å². The van der Waals surface area contributed by atoms with Crippen molar-refractivity contribution in [2.24, 2.45) is 11.1 Å². The number of aryl methyl sites for hydroxylation is 1. The largest absolute Gasteiger partial charge is 0.497 e. The molecule has 0 radical (unpaired) electrons. The Morgan fingerprint density at radius 2 is 2.07 bits per heavy atom. The lowest BCUT2D eigenvalue weighted by Crippen LogP contribution is -2.42. The topological polar surface area (TPSA) is 89.0 Å². The van der Waals surface area contributed by atoms with Crippen LogP contribution in [0.4, 0.5) is 0 Å². The summed E-state index contributed by atoms with van der Waals surface area (Å²) in [6.07, 6.45) is 4.66. The van der Waals surface area contributed by atoms with E-state index in [-0.39, 0.29) is 12.5 Å². The highest BCUT2D eigenvalue weighted by molar-refractivity contribution is 7.14. The quantitative estimate of drug-likeness (QED) is 0.575. The number of thiophene rings is 1. The van der Waals surface area contributed by atoms with Crippen LogP contribution in [-0.2, 0) is 22.5 Å². The van der Waals surface area contributed by atoms with Gasteiger partial charge >= 0.3 is 0 Å². The van der Waals surface area contributed by atoms with Crippen LogP contribution in [0.1, 0.15) is 39.0 Å². The lowest BCUT2D eigenvalue weighted by Gasteiger charge is -2.16. The Labute approximate surface area is 167 Å². The number of carbonyl (C=O) groups is 2. The van der Waals surface area contributed by atoms with E-state index in [1.54, 1.807) is 19.2 Å². The van der Waals surface area contributed by atoms with Gasteiger partial charge in [0.1, 0.15) is 5.75 Å². The van der Waals surface area contributed by atoms with E-state index < -0.39 is 5.91 Å². The monoisotopic (exact) mass is 401 g/mol. The Morgan fingerprint density at radius 1 is 1.29 bits per heavy atom. The maximum atomic E-state index is 12.2. The summed E-state index contributed by atoms with van der Waals surface area (Å²) in [5, 5.41) is 3.74. The van der Waals surface area contributed by atoms with Gasteiger partial charge in [-0.2, -0.15) is 0 Å². The molecule has 3 rings (SSSR count). The summed E-state index contributed by atoms with van der Waals surface area (Å²) in [7, 11) is 1.59. The van der Waals surface area contributed by atoms with Gasteiger partial charge in [-0.1, -0.05) is 12.1 Å². The van der Waals surface area contributed by atoms with Crippen molar-refractivity contribution in [1.29, 1.82) is 0 Å². The Balaban J connectivity index is 1.40. The number of hydrogen-bond donors (Lipinski definition) is 2. The molecule has 1 aliphatic rings.